The van der Waals surface area contributed by atoms with Gasteiger partial charge in [0.25, 0.3) is 10.0 Å². The molecule has 0 amide bonds. The van der Waals surface area contributed by atoms with Gasteiger partial charge in [-0.3, -0.25) is 4.72 Å². The van der Waals surface area contributed by atoms with Crippen LogP contribution < -0.4 is 10.0 Å². The Labute approximate surface area is 143 Å². The van der Waals surface area contributed by atoms with Crippen molar-refractivity contribution in [1.29, 1.82) is 0 Å². The standard InChI is InChI=1S/C18H22N2O3S/c1-14-5-7-18(8-6-14)24(21,22)20-17-4-2-3-16(13-17)19-15-9-11-23-12-10-15/h2-8,13,15,19-20H,9-12H2,1H3. The molecule has 0 atom stereocenters. The topological polar surface area (TPSA) is 67.4 Å². The maximum Gasteiger partial charge on any atom is 0.261 e. The van der Waals surface area contributed by atoms with E-state index in [-0.39, 0.29) is 4.90 Å². The molecule has 0 spiro atoms. The number of aryl methyl sites for hydroxylation is 1. The van der Waals surface area contributed by atoms with Gasteiger partial charge in [0.15, 0.2) is 0 Å². The smallest absolute Gasteiger partial charge is 0.261 e. The van der Waals surface area contributed by atoms with Crippen LogP contribution in [0.25, 0.3) is 0 Å². The first-order valence-corrected chi connectivity index (χ1v) is 9.55. The normalized spacial score (nSPS) is 15.9. The highest BCUT2D eigenvalue weighted by Crippen LogP contribution is 2.22. The van der Waals surface area contributed by atoms with Gasteiger partial charge in [-0.2, -0.15) is 0 Å². The average molecular weight is 346 g/mol. The van der Waals surface area contributed by atoms with Crippen LogP contribution >= 0.6 is 0 Å². The minimum Gasteiger partial charge on any atom is -0.382 e. The summed E-state index contributed by atoms with van der Waals surface area (Å²) in [5.41, 5.74) is 2.48. The summed E-state index contributed by atoms with van der Waals surface area (Å²) in [5.74, 6) is 0. The lowest BCUT2D eigenvalue weighted by atomic mass is 10.1. The SMILES string of the molecule is Cc1ccc(S(=O)(=O)Nc2cccc(NC3CCOCC3)c2)cc1. The van der Waals surface area contributed by atoms with Gasteiger partial charge in [-0.25, -0.2) is 8.42 Å². The molecule has 0 saturated carbocycles. The third-order valence-corrected chi connectivity index (χ3v) is 5.44. The molecule has 0 unspecified atom stereocenters. The van der Waals surface area contributed by atoms with Crippen LogP contribution in [0.2, 0.25) is 0 Å². The van der Waals surface area contributed by atoms with Crippen molar-refractivity contribution in [2.45, 2.75) is 30.7 Å². The minimum atomic E-state index is -3.58. The van der Waals surface area contributed by atoms with E-state index in [9.17, 15) is 8.42 Å². The quantitative estimate of drug-likeness (QED) is 0.871. The van der Waals surface area contributed by atoms with Crippen LogP contribution in [0.15, 0.2) is 53.4 Å². The Hall–Kier alpha value is -2.05. The van der Waals surface area contributed by atoms with E-state index in [4.69, 9.17) is 4.74 Å². The Kier molecular flexibility index (Phi) is 5.06. The van der Waals surface area contributed by atoms with Gasteiger partial charge in [0.2, 0.25) is 0 Å². The summed E-state index contributed by atoms with van der Waals surface area (Å²) >= 11 is 0. The van der Waals surface area contributed by atoms with Crippen molar-refractivity contribution >= 4 is 21.4 Å². The highest BCUT2D eigenvalue weighted by atomic mass is 32.2. The number of ether oxygens (including phenoxy) is 1. The first kappa shape index (κ1) is 16.8. The highest BCUT2D eigenvalue weighted by molar-refractivity contribution is 7.92. The molecular weight excluding hydrogens is 324 g/mol. The number of nitrogens with one attached hydrogen (secondary N) is 2. The zero-order chi connectivity index (χ0) is 17.0. The minimum absolute atomic E-state index is 0.260. The molecule has 0 aromatic heterocycles. The van der Waals surface area contributed by atoms with Crippen molar-refractivity contribution in [3.05, 3.63) is 54.1 Å². The summed E-state index contributed by atoms with van der Waals surface area (Å²) < 4.78 is 32.9. The highest BCUT2D eigenvalue weighted by Gasteiger charge is 2.16. The maximum atomic E-state index is 12.5. The van der Waals surface area contributed by atoms with Crippen LogP contribution in [0.1, 0.15) is 18.4 Å². The van der Waals surface area contributed by atoms with Crippen molar-refractivity contribution in [1.82, 2.24) is 0 Å². The molecule has 24 heavy (non-hydrogen) atoms. The molecule has 6 heteroatoms. The third-order valence-electron chi connectivity index (χ3n) is 4.04. The lowest BCUT2D eigenvalue weighted by molar-refractivity contribution is 0.0904. The summed E-state index contributed by atoms with van der Waals surface area (Å²) in [4.78, 5) is 0.260. The molecule has 1 heterocycles. The first-order valence-electron chi connectivity index (χ1n) is 8.07. The second-order valence-electron chi connectivity index (χ2n) is 6.03. The van der Waals surface area contributed by atoms with Gasteiger partial charge in [0.05, 0.1) is 10.6 Å². The molecule has 128 valence electrons. The van der Waals surface area contributed by atoms with Gasteiger partial charge in [-0.1, -0.05) is 23.8 Å². The van der Waals surface area contributed by atoms with Gasteiger partial charge >= 0.3 is 0 Å². The van der Waals surface area contributed by atoms with Gasteiger partial charge in [-0.05, 0) is 50.1 Å². The molecule has 2 aromatic carbocycles. The summed E-state index contributed by atoms with van der Waals surface area (Å²) in [6.45, 7) is 3.45. The van der Waals surface area contributed by atoms with Crippen LogP contribution in [0.5, 0.6) is 0 Å². The molecule has 2 aromatic rings. The Balaban J connectivity index is 1.72. The lowest BCUT2D eigenvalue weighted by Crippen LogP contribution is -2.27. The van der Waals surface area contributed by atoms with E-state index in [1.807, 2.05) is 25.1 Å². The zero-order valence-electron chi connectivity index (χ0n) is 13.7. The van der Waals surface area contributed by atoms with Crippen molar-refractivity contribution in [3.63, 3.8) is 0 Å². The van der Waals surface area contributed by atoms with Gasteiger partial charge in [0, 0.05) is 24.9 Å². The predicted molar refractivity (Wildman–Crippen MR) is 95.9 cm³/mol. The largest absolute Gasteiger partial charge is 0.382 e. The second-order valence-corrected chi connectivity index (χ2v) is 7.71. The average Bonchev–Trinajstić information content (AvgIpc) is 2.56. The fourth-order valence-electron chi connectivity index (χ4n) is 2.68. The summed E-state index contributed by atoms with van der Waals surface area (Å²) in [6.07, 6.45) is 1.92. The van der Waals surface area contributed by atoms with Crippen LogP contribution in [0.3, 0.4) is 0 Å². The second kappa shape index (κ2) is 7.23. The van der Waals surface area contributed by atoms with E-state index in [2.05, 4.69) is 10.0 Å². The van der Waals surface area contributed by atoms with Gasteiger partial charge in [0.1, 0.15) is 0 Å². The fraction of sp³-hybridized carbons (Fsp3) is 0.333. The number of benzene rings is 2. The number of rotatable bonds is 5. The van der Waals surface area contributed by atoms with Crippen LogP contribution in [-0.2, 0) is 14.8 Å². The molecule has 0 aliphatic carbocycles. The van der Waals surface area contributed by atoms with E-state index in [1.165, 1.54) is 0 Å². The molecule has 1 aliphatic heterocycles. The Morgan fingerprint density at radius 1 is 1.00 bits per heavy atom. The van der Waals surface area contributed by atoms with Crippen molar-refractivity contribution in [3.8, 4) is 0 Å². The zero-order valence-corrected chi connectivity index (χ0v) is 14.5. The number of sulfonamides is 1. The van der Waals surface area contributed by atoms with E-state index in [0.29, 0.717) is 11.7 Å². The Bertz CT molecular complexity index is 782. The van der Waals surface area contributed by atoms with E-state index in [0.717, 1.165) is 37.3 Å². The van der Waals surface area contributed by atoms with Crippen LogP contribution in [0, 0.1) is 6.92 Å². The van der Waals surface area contributed by atoms with Crippen LogP contribution in [-0.4, -0.2) is 27.7 Å². The lowest BCUT2D eigenvalue weighted by Gasteiger charge is -2.24. The molecule has 2 N–H and O–H groups in total. The van der Waals surface area contributed by atoms with E-state index >= 15 is 0 Å². The summed E-state index contributed by atoms with van der Waals surface area (Å²) in [6, 6.07) is 14.5. The number of hydrogen-bond acceptors (Lipinski definition) is 4. The van der Waals surface area contributed by atoms with Gasteiger partial charge < -0.3 is 10.1 Å². The van der Waals surface area contributed by atoms with Crippen molar-refractivity contribution < 1.29 is 13.2 Å². The van der Waals surface area contributed by atoms with Crippen molar-refractivity contribution in [2.24, 2.45) is 0 Å². The monoisotopic (exact) mass is 346 g/mol. The fourth-order valence-corrected chi connectivity index (χ4v) is 3.73. The number of hydrogen-bond donors (Lipinski definition) is 2. The predicted octanol–water partition coefficient (Wildman–Crippen LogP) is 3.39. The molecule has 5 nitrogen and oxygen atoms in total. The molecule has 3 rings (SSSR count). The molecular formula is C18H22N2O3S. The molecule has 1 saturated heterocycles. The number of anilines is 2. The van der Waals surface area contributed by atoms with Gasteiger partial charge in [-0.15, -0.1) is 0 Å². The molecule has 0 radical (unpaired) electrons. The van der Waals surface area contributed by atoms with E-state index < -0.39 is 10.0 Å². The maximum absolute atomic E-state index is 12.5. The Morgan fingerprint density at radius 3 is 2.38 bits per heavy atom. The van der Waals surface area contributed by atoms with E-state index in [1.54, 1.807) is 30.3 Å². The van der Waals surface area contributed by atoms with Crippen LogP contribution in [0.4, 0.5) is 11.4 Å². The first-order chi connectivity index (χ1) is 11.5. The molecule has 1 aliphatic rings. The van der Waals surface area contributed by atoms with Crippen molar-refractivity contribution in [2.75, 3.05) is 23.3 Å². The summed E-state index contributed by atoms with van der Waals surface area (Å²) in [7, 11) is -3.58. The Morgan fingerprint density at radius 2 is 1.67 bits per heavy atom. The third kappa shape index (κ3) is 4.27. The molecule has 0 bridgehead atoms. The molecule has 1 fully saturated rings. The summed E-state index contributed by atoms with van der Waals surface area (Å²) in [5, 5.41) is 3.44.